The van der Waals surface area contributed by atoms with E-state index < -0.39 is 0 Å². The van der Waals surface area contributed by atoms with Gasteiger partial charge in [-0.05, 0) is 36.4 Å². The average molecular weight is 441 g/mol. The van der Waals surface area contributed by atoms with E-state index in [0.717, 1.165) is 45.2 Å². The van der Waals surface area contributed by atoms with E-state index in [1.807, 2.05) is 18.2 Å². The molecule has 3 heterocycles. The zero-order valence-electron chi connectivity index (χ0n) is 15.9. The summed E-state index contributed by atoms with van der Waals surface area (Å²) >= 11 is 5.17. The van der Waals surface area contributed by atoms with Crippen LogP contribution < -0.4 is 4.74 Å². The molecular weight excluding hydrogens is 420 g/mol. The third-order valence-corrected chi connectivity index (χ3v) is 7.57. The molecule has 0 spiro atoms. The third-order valence-electron chi connectivity index (χ3n) is 4.78. The number of benzene rings is 1. The summed E-state index contributed by atoms with van der Waals surface area (Å²) in [4.78, 5) is 6.15. The molecule has 1 aliphatic rings. The van der Waals surface area contributed by atoms with Crippen LogP contribution in [0.4, 0.5) is 0 Å². The molecule has 0 amide bonds. The Hall–Kier alpha value is -2.16. The molecule has 0 radical (unpaired) electrons. The van der Waals surface area contributed by atoms with Gasteiger partial charge in [-0.3, -0.25) is 0 Å². The average Bonchev–Trinajstić information content (AvgIpc) is 3.13. The minimum absolute atomic E-state index is 0.560. The first-order valence-corrected chi connectivity index (χ1v) is 12.2. The largest absolute Gasteiger partial charge is 0.497 e. The molecule has 1 aliphatic carbocycles. The van der Waals surface area contributed by atoms with E-state index in [1.54, 1.807) is 41.5 Å². The minimum atomic E-state index is 0.560. The van der Waals surface area contributed by atoms with Gasteiger partial charge in [0.05, 0.1) is 12.8 Å². The Labute approximate surface area is 181 Å². The monoisotopic (exact) mass is 440 g/mol. The van der Waals surface area contributed by atoms with Crippen LogP contribution in [0.2, 0.25) is 0 Å². The number of nitrogens with zero attached hydrogens (tertiary/aromatic N) is 4. The van der Waals surface area contributed by atoms with Crippen molar-refractivity contribution in [1.82, 2.24) is 19.7 Å². The molecular formula is C21H20N4OS3. The van der Waals surface area contributed by atoms with Crippen molar-refractivity contribution in [2.75, 3.05) is 7.11 Å². The van der Waals surface area contributed by atoms with Gasteiger partial charge in [-0.15, -0.1) is 32.9 Å². The lowest BCUT2D eigenvalue weighted by Crippen LogP contribution is -2.03. The van der Waals surface area contributed by atoms with Gasteiger partial charge in [0.15, 0.2) is 5.16 Å². The highest BCUT2D eigenvalue weighted by Gasteiger charge is 2.29. The quantitative estimate of drug-likeness (QED) is 0.330. The van der Waals surface area contributed by atoms with Crippen molar-refractivity contribution in [3.05, 3.63) is 63.6 Å². The SMILES string of the molecule is COc1cccc(-c2nc(CSc3nnc(Cc4cccs4)n3C3CC3)cs2)c1. The van der Waals surface area contributed by atoms with E-state index in [1.165, 1.54) is 17.7 Å². The molecule has 4 aromatic rings. The summed E-state index contributed by atoms with van der Waals surface area (Å²) in [5, 5.41) is 15.3. The van der Waals surface area contributed by atoms with Gasteiger partial charge >= 0.3 is 0 Å². The van der Waals surface area contributed by atoms with E-state index in [4.69, 9.17) is 9.72 Å². The summed E-state index contributed by atoms with van der Waals surface area (Å²) in [5.41, 5.74) is 2.16. The molecule has 1 fully saturated rings. The second-order valence-corrected chi connectivity index (χ2v) is 9.75. The molecule has 0 aliphatic heterocycles. The van der Waals surface area contributed by atoms with Crippen LogP contribution in [-0.4, -0.2) is 26.9 Å². The molecule has 0 unspecified atom stereocenters. The molecule has 8 heteroatoms. The Morgan fingerprint density at radius 1 is 1.17 bits per heavy atom. The van der Waals surface area contributed by atoms with Crippen molar-refractivity contribution >= 4 is 34.4 Å². The van der Waals surface area contributed by atoms with Crippen LogP contribution in [0.3, 0.4) is 0 Å². The highest BCUT2D eigenvalue weighted by molar-refractivity contribution is 7.98. The first-order chi connectivity index (χ1) is 14.3. The van der Waals surface area contributed by atoms with Gasteiger partial charge in [0.1, 0.15) is 16.6 Å². The molecule has 0 atom stereocenters. The Kier molecular flexibility index (Phi) is 5.39. The summed E-state index contributed by atoms with van der Waals surface area (Å²) in [6.45, 7) is 0. The molecule has 5 nitrogen and oxygen atoms in total. The van der Waals surface area contributed by atoms with E-state index in [-0.39, 0.29) is 0 Å². The maximum absolute atomic E-state index is 5.33. The number of aromatic nitrogens is 4. The summed E-state index contributed by atoms with van der Waals surface area (Å²) in [5.74, 6) is 2.72. The highest BCUT2D eigenvalue weighted by atomic mass is 32.2. The number of ether oxygens (including phenoxy) is 1. The molecule has 5 rings (SSSR count). The standard InChI is InChI=1S/C21H20N4OS3/c1-26-17-5-2-4-14(10-17)20-22-15(12-28-20)13-29-21-24-23-19(25(21)16-7-8-16)11-18-6-3-9-27-18/h2-6,9-10,12,16H,7-8,11,13H2,1H3. The minimum Gasteiger partial charge on any atom is -0.497 e. The number of hydrogen-bond donors (Lipinski definition) is 0. The van der Waals surface area contributed by atoms with Crippen LogP contribution in [0.5, 0.6) is 5.75 Å². The van der Waals surface area contributed by atoms with Crippen LogP contribution in [0.15, 0.2) is 52.3 Å². The number of thiazole rings is 1. The summed E-state index contributed by atoms with van der Waals surface area (Å²) < 4.78 is 7.67. The summed E-state index contributed by atoms with van der Waals surface area (Å²) in [7, 11) is 1.69. The molecule has 1 saturated carbocycles. The van der Waals surface area contributed by atoms with Gasteiger partial charge in [0.25, 0.3) is 0 Å². The lowest BCUT2D eigenvalue weighted by atomic mass is 10.2. The number of thiophene rings is 1. The van der Waals surface area contributed by atoms with E-state index in [2.05, 4.69) is 43.7 Å². The fourth-order valence-corrected chi connectivity index (χ4v) is 5.74. The Morgan fingerprint density at radius 2 is 2.10 bits per heavy atom. The second-order valence-electron chi connectivity index (χ2n) is 6.92. The number of methoxy groups -OCH3 is 1. The summed E-state index contributed by atoms with van der Waals surface area (Å²) in [6.07, 6.45) is 3.30. The maximum Gasteiger partial charge on any atom is 0.191 e. The smallest absolute Gasteiger partial charge is 0.191 e. The molecule has 1 aromatic carbocycles. The van der Waals surface area contributed by atoms with E-state index in [9.17, 15) is 0 Å². The zero-order chi connectivity index (χ0) is 19.6. The topological polar surface area (TPSA) is 52.8 Å². The predicted octanol–water partition coefficient (Wildman–Crippen LogP) is 5.69. The zero-order valence-corrected chi connectivity index (χ0v) is 18.4. The Bertz CT molecular complexity index is 1100. The molecule has 0 N–H and O–H groups in total. The fourth-order valence-electron chi connectivity index (χ4n) is 3.20. The molecule has 3 aromatic heterocycles. The van der Waals surface area contributed by atoms with Crippen LogP contribution >= 0.6 is 34.4 Å². The van der Waals surface area contributed by atoms with Gasteiger partial charge in [-0.25, -0.2) is 4.98 Å². The van der Waals surface area contributed by atoms with Crippen molar-refractivity contribution in [3.8, 4) is 16.3 Å². The molecule has 0 bridgehead atoms. The lowest BCUT2D eigenvalue weighted by molar-refractivity contribution is 0.415. The Morgan fingerprint density at radius 3 is 2.90 bits per heavy atom. The van der Waals surface area contributed by atoms with Gasteiger partial charge < -0.3 is 9.30 Å². The van der Waals surface area contributed by atoms with Crippen molar-refractivity contribution < 1.29 is 4.74 Å². The second kappa shape index (κ2) is 8.30. The number of rotatable bonds is 8. The van der Waals surface area contributed by atoms with Gasteiger partial charge in [0, 0.05) is 34.0 Å². The predicted molar refractivity (Wildman–Crippen MR) is 119 cm³/mol. The van der Waals surface area contributed by atoms with Crippen molar-refractivity contribution in [2.45, 2.75) is 36.2 Å². The lowest BCUT2D eigenvalue weighted by Gasteiger charge is -2.07. The van der Waals surface area contributed by atoms with Crippen molar-refractivity contribution in [2.24, 2.45) is 0 Å². The van der Waals surface area contributed by atoms with Crippen LogP contribution in [0.25, 0.3) is 10.6 Å². The number of hydrogen-bond acceptors (Lipinski definition) is 7. The van der Waals surface area contributed by atoms with Crippen LogP contribution in [0.1, 0.15) is 35.3 Å². The first-order valence-electron chi connectivity index (χ1n) is 9.48. The molecule has 148 valence electrons. The third kappa shape index (κ3) is 4.24. The highest BCUT2D eigenvalue weighted by Crippen LogP contribution is 2.40. The van der Waals surface area contributed by atoms with Gasteiger partial charge in [-0.2, -0.15) is 0 Å². The van der Waals surface area contributed by atoms with Crippen LogP contribution in [-0.2, 0) is 12.2 Å². The normalized spacial score (nSPS) is 13.7. The first kappa shape index (κ1) is 18.8. The fraction of sp³-hybridized carbons (Fsp3) is 0.286. The van der Waals surface area contributed by atoms with E-state index >= 15 is 0 Å². The van der Waals surface area contributed by atoms with Crippen molar-refractivity contribution in [1.29, 1.82) is 0 Å². The van der Waals surface area contributed by atoms with Gasteiger partial charge in [-0.1, -0.05) is 30.0 Å². The van der Waals surface area contributed by atoms with Gasteiger partial charge in [0.2, 0.25) is 0 Å². The maximum atomic E-state index is 5.33. The molecule has 29 heavy (non-hydrogen) atoms. The van der Waals surface area contributed by atoms with E-state index in [0.29, 0.717) is 6.04 Å². The van der Waals surface area contributed by atoms with Crippen LogP contribution in [0, 0.1) is 0 Å². The summed E-state index contributed by atoms with van der Waals surface area (Å²) in [6, 6.07) is 12.9. The Balaban J connectivity index is 1.30. The van der Waals surface area contributed by atoms with Crippen molar-refractivity contribution in [3.63, 3.8) is 0 Å². The molecule has 0 saturated heterocycles. The number of thioether (sulfide) groups is 1.